The van der Waals surface area contributed by atoms with Crippen LogP contribution in [0.5, 0.6) is 0 Å². The van der Waals surface area contributed by atoms with Crippen molar-refractivity contribution >= 4 is 28.7 Å². The minimum absolute atomic E-state index is 0.281. The summed E-state index contributed by atoms with van der Waals surface area (Å²) in [5, 5.41) is 5.74. The van der Waals surface area contributed by atoms with Crippen LogP contribution in [0.25, 0.3) is 0 Å². The summed E-state index contributed by atoms with van der Waals surface area (Å²) in [6, 6.07) is 4.43. The zero-order valence-corrected chi connectivity index (χ0v) is 9.75. The number of hydrogen-bond donors (Lipinski definition) is 3. The van der Waals surface area contributed by atoms with Gasteiger partial charge >= 0.3 is 0 Å². The van der Waals surface area contributed by atoms with Crippen molar-refractivity contribution in [2.45, 2.75) is 25.8 Å². The fourth-order valence-electron chi connectivity index (χ4n) is 1.26. The van der Waals surface area contributed by atoms with E-state index in [1.54, 1.807) is 11.3 Å². The van der Waals surface area contributed by atoms with Crippen molar-refractivity contribution in [3.05, 3.63) is 22.4 Å². The van der Waals surface area contributed by atoms with Gasteiger partial charge in [-0.05, 0) is 30.1 Å². The molecule has 0 spiro atoms. The minimum Gasteiger partial charge on any atom is -0.354 e. The first-order chi connectivity index (χ1) is 6.77. The zero-order valence-electron chi connectivity index (χ0n) is 8.12. The smallest absolute Gasteiger partial charge is 0.181 e. The molecule has 1 heterocycles. The first-order valence-electron chi connectivity index (χ1n) is 4.58. The summed E-state index contributed by atoms with van der Waals surface area (Å²) in [5.41, 5.74) is 2.44. The molecule has 1 atom stereocenters. The molecule has 0 bridgehead atoms. The molecule has 14 heavy (non-hydrogen) atoms. The molecule has 1 unspecified atom stereocenters. The number of thiocarbonyl (C=S) groups is 1. The van der Waals surface area contributed by atoms with Gasteiger partial charge in [-0.15, -0.1) is 11.3 Å². The van der Waals surface area contributed by atoms with Crippen LogP contribution < -0.4 is 16.6 Å². The quantitative estimate of drug-likeness (QED) is 0.419. The van der Waals surface area contributed by atoms with Crippen molar-refractivity contribution in [3.8, 4) is 0 Å². The third-order valence-corrected chi connectivity index (χ3v) is 3.12. The maximum absolute atomic E-state index is 5.22. The van der Waals surface area contributed by atoms with Crippen LogP contribution in [0.1, 0.15) is 30.7 Å². The highest BCUT2D eigenvalue weighted by atomic mass is 32.1. The van der Waals surface area contributed by atoms with E-state index in [9.17, 15) is 0 Å². The van der Waals surface area contributed by atoms with E-state index >= 15 is 0 Å². The molecular formula is C9H15N3S2. The van der Waals surface area contributed by atoms with Crippen LogP contribution in [0.15, 0.2) is 17.5 Å². The van der Waals surface area contributed by atoms with Gasteiger partial charge < -0.3 is 10.7 Å². The lowest BCUT2D eigenvalue weighted by Crippen LogP contribution is -2.41. The lowest BCUT2D eigenvalue weighted by atomic mass is 10.1. The molecule has 0 saturated heterocycles. The Hall–Kier alpha value is -0.650. The molecule has 0 amide bonds. The highest BCUT2D eigenvalue weighted by Crippen LogP contribution is 2.22. The Bertz CT molecular complexity index is 272. The molecule has 3 nitrogen and oxygen atoms in total. The van der Waals surface area contributed by atoms with E-state index in [1.165, 1.54) is 4.88 Å². The third-order valence-electron chi connectivity index (χ3n) is 1.90. The molecule has 78 valence electrons. The van der Waals surface area contributed by atoms with Crippen molar-refractivity contribution in [2.75, 3.05) is 0 Å². The summed E-state index contributed by atoms with van der Waals surface area (Å²) < 4.78 is 0. The molecule has 1 aromatic rings. The number of hydrazine groups is 1. The second kappa shape index (κ2) is 5.95. The van der Waals surface area contributed by atoms with Crippen molar-refractivity contribution < 1.29 is 0 Å². The molecule has 0 aliphatic carbocycles. The lowest BCUT2D eigenvalue weighted by molar-refractivity contribution is 0.585. The predicted molar refractivity (Wildman–Crippen MR) is 65.0 cm³/mol. The van der Waals surface area contributed by atoms with E-state index in [0.29, 0.717) is 5.11 Å². The SMILES string of the molecule is CCCC(NC(=S)NN)c1cccs1. The van der Waals surface area contributed by atoms with E-state index in [-0.39, 0.29) is 6.04 Å². The monoisotopic (exact) mass is 229 g/mol. The van der Waals surface area contributed by atoms with E-state index in [1.807, 2.05) is 6.07 Å². The molecule has 0 aromatic carbocycles. The average molecular weight is 229 g/mol. The third kappa shape index (κ3) is 3.25. The van der Waals surface area contributed by atoms with Crippen LogP contribution in [-0.4, -0.2) is 5.11 Å². The van der Waals surface area contributed by atoms with Crippen molar-refractivity contribution in [3.63, 3.8) is 0 Å². The van der Waals surface area contributed by atoms with E-state index in [4.69, 9.17) is 18.1 Å². The maximum atomic E-state index is 5.22. The molecule has 0 saturated carbocycles. The largest absolute Gasteiger partial charge is 0.354 e. The Morgan fingerprint density at radius 2 is 2.50 bits per heavy atom. The lowest BCUT2D eigenvalue weighted by Gasteiger charge is -2.17. The van der Waals surface area contributed by atoms with Gasteiger partial charge in [0.15, 0.2) is 5.11 Å². The summed E-state index contributed by atoms with van der Waals surface area (Å²) in [6.07, 6.45) is 2.17. The Kier molecular flexibility index (Phi) is 4.86. The predicted octanol–water partition coefficient (Wildman–Crippen LogP) is 1.93. The highest BCUT2D eigenvalue weighted by molar-refractivity contribution is 7.80. The van der Waals surface area contributed by atoms with Crippen LogP contribution >= 0.6 is 23.6 Å². The number of rotatable bonds is 4. The van der Waals surface area contributed by atoms with E-state index in [0.717, 1.165) is 12.8 Å². The molecule has 0 fully saturated rings. The molecule has 0 aliphatic heterocycles. The van der Waals surface area contributed by atoms with Crippen LogP contribution in [-0.2, 0) is 0 Å². The van der Waals surface area contributed by atoms with Gasteiger partial charge in [0.25, 0.3) is 0 Å². The summed E-state index contributed by atoms with van der Waals surface area (Å²) >= 11 is 6.71. The van der Waals surface area contributed by atoms with Gasteiger partial charge in [0.05, 0.1) is 6.04 Å². The van der Waals surface area contributed by atoms with Gasteiger partial charge in [-0.3, -0.25) is 0 Å². The Balaban J connectivity index is 2.60. The average Bonchev–Trinajstić information content (AvgIpc) is 2.69. The number of thiophene rings is 1. The highest BCUT2D eigenvalue weighted by Gasteiger charge is 2.11. The summed E-state index contributed by atoms with van der Waals surface area (Å²) in [6.45, 7) is 2.15. The van der Waals surface area contributed by atoms with Crippen LogP contribution in [0.3, 0.4) is 0 Å². The van der Waals surface area contributed by atoms with Crippen LogP contribution in [0, 0.1) is 0 Å². The zero-order chi connectivity index (χ0) is 10.4. The normalized spacial score (nSPS) is 12.1. The molecule has 5 heteroatoms. The maximum Gasteiger partial charge on any atom is 0.181 e. The number of nitrogens with one attached hydrogen (secondary N) is 2. The van der Waals surface area contributed by atoms with E-state index in [2.05, 4.69) is 29.1 Å². The van der Waals surface area contributed by atoms with Crippen LogP contribution in [0.2, 0.25) is 0 Å². The second-order valence-corrected chi connectivity index (χ2v) is 4.36. The fourth-order valence-corrected chi connectivity index (χ4v) is 2.22. The summed E-state index contributed by atoms with van der Waals surface area (Å²) in [5.74, 6) is 5.22. The number of hydrogen-bond acceptors (Lipinski definition) is 3. The first-order valence-corrected chi connectivity index (χ1v) is 5.87. The second-order valence-electron chi connectivity index (χ2n) is 2.97. The Labute approximate surface area is 93.7 Å². The molecule has 0 aliphatic rings. The van der Waals surface area contributed by atoms with Gasteiger partial charge in [-0.25, -0.2) is 5.84 Å². The molecule has 4 N–H and O–H groups in total. The standard InChI is InChI=1S/C9H15N3S2/c1-2-4-7(11-9(13)12-10)8-5-3-6-14-8/h3,5-7H,2,4,10H2,1H3,(H2,11,12,13). The summed E-state index contributed by atoms with van der Waals surface area (Å²) in [7, 11) is 0. The van der Waals surface area contributed by atoms with Gasteiger partial charge in [0.2, 0.25) is 0 Å². The molecule has 1 rings (SSSR count). The molecular weight excluding hydrogens is 214 g/mol. The Morgan fingerprint density at radius 3 is 3.00 bits per heavy atom. The molecule has 0 radical (unpaired) electrons. The fraction of sp³-hybridized carbons (Fsp3) is 0.444. The minimum atomic E-state index is 0.281. The Morgan fingerprint density at radius 1 is 1.71 bits per heavy atom. The van der Waals surface area contributed by atoms with Crippen LogP contribution in [0.4, 0.5) is 0 Å². The number of nitrogens with two attached hydrogens (primary N) is 1. The topological polar surface area (TPSA) is 50.1 Å². The van der Waals surface area contributed by atoms with Crippen molar-refractivity contribution in [2.24, 2.45) is 5.84 Å². The molecule has 1 aromatic heterocycles. The van der Waals surface area contributed by atoms with Crippen molar-refractivity contribution in [1.29, 1.82) is 0 Å². The van der Waals surface area contributed by atoms with Crippen molar-refractivity contribution in [1.82, 2.24) is 10.7 Å². The van der Waals surface area contributed by atoms with Gasteiger partial charge in [-0.2, -0.15) is 0 Å². The van der Waals surface area contributed by atoms with Gasteiger partial charge in [-0.1, -0.05) is 19.4 Å². The van der Waals surface area contributed by atoms with E-state index < -0.39 is 0 Å². The van der Waals surface area contributed by atoms with Gasteiger partial charge in [0, 0.05) is 4.88 Å². The summed E-state index contributed by atoms with van der Waals surface area (Å²) in [4.78, 5) is 1.30. The first kappa shape index (κ1) is 11.4. The van der Waals surface area contributed by atoms with Gasteiger partial charge in [0.1, 0.15) is 0 Å².